The molecule has 0 atom stereocenters. The van der Waals surface area contributed by atoms with Crippen molar-refractivity contribution in [1.82, 2.24) is 20.0 Å². The van der Waals surface area contributed by atoms with Gasteiger partial charge >= 0.3 is 0 Å². The fourth-order valence-corrected chi connectivity index (χ4v) is 3.60. The highest BCUT2D eigenvalue weighted by atomic mass is 32.1. The zero-order chi connectivity index (χ0) is 14.5. The topological polar surface area (TPSA) is 72.7 Å². The molecule has 0 spiro atoms. The molecule has 2 heterocycles. The second-order valence-electron chi connectivity index (χ2n) is 5.46. The van der Waals surface area contributed by atoms with Crippen LogP contribution in [0.5, 0.6) is 0 Å². The molecule has 7 heteroatoms. The van der Waals surface area contributed by atoms with Gasteiger partial charge in [0.05, 0.1) is 0 Å². The summed E-state index contributed by atoms with van der Waals surface area (Å²) in [6.07, 6.45) is 11.0. The van der Waals surface area contributed by atoms with E-state index < -0.39 is 0 Å². The average molecular weight is 305 g/mol. The summed E-state index contributed by atoms with van der Waals surface area (Å²) in [6, 6.07) is 1.79. The molecule has 1 aliphatic rings. The monoisotopic (exact) mass is 305 g/mol. The fourth-order valence-electron chi connectivity index (χ4n) is 2.72. The number of amides is 1. The molecule has 1 aliphatic carbocycles. The number of carbonyl (C=O) groups excluding carboxylic acids is 1. The van der Waals surface area contributed by atoms with Crippen molar-refractivity contribution in [2.75, 3.05) is 5.32 Å². The number of hydrogen-bond acceptors (Lipinski definition) is 5. The van der Waals surface area contributed by atoms with Crippen LogP contribution in [-0.4, -0.2) is 25.9 Å². The van der Waals surface area contributed by atoms with Gasteiger partial charge in [-0.3, -0.25) is 14.8 Å². The Hall–Kier alpha value is -1.76. The highest BCUT2D eigenvalue weighted by Gasteiger charge is 2.17. The molecule has 1 fully saturated rings. The third-order valence-corrected chi connectivity index (χ3v) is 4.63. The highest BCUT2D eigenvalue weighted by molar-refractivity contribution is 7.15. The zero-order valence-corrected chi connectivity index (χ0v) is 12.7. The van der Waals surface area contributed by atoms with Gasteiger partial charge in [-0.15, -0.1) is 10.2 Å². The van der Waals surface area contributed by atoms with Crippen molar-refractivity contribution in [3.63, 3.8) is 0 Å². The third-order valence-electron chi connectivity index (χ3n) is 3.77. The number of anilines is 1. The molecular weight excluding hydrogens is 286 g/mol. The number of aromatic nitrogens is 4. The maximum Gasteiger partial charge on any atom is 0.247 e. The van der Waals surface area contributed by atoms with Gasteiger partial charge in [0.15, 0.2) is 0 Å². The summed E-state index contributed by atoms with van der Waals surface area (Å²) in [5.41, 5.74) is 0. The Morgan fingerprint density at radius 2 is 2.19 bits per heavy atom. The molecule has 21 heavy (non-hydrogen) atoms. The summed E-state index contributed by atoms with van der Waals surface area (Å²) < 4.78 is 1.58. The van der Waals surface area contributed by atoms with Crippen molar-refractivity contribution in [1.29, 1.82) is 0 Å². The maximum absolute atomic E-state index is 11.8. The van der Waals surface area contributed by atoms with E-state index >= 15 is 0 Å². The molecule has 1 saturated carbocycles. The number of nitrogens with zero attached hydrogens (tertiary/aromatic N) is 4. The smallest absolute Gasteiger partial charge is 0.247 e. The van der Waals surface area contributed by atoms with E-state index in [1.807, 2.05) is 0 Å². The van der Waals surface area contributed by atoms with Crippen LogP contribution in [0.15, 0.2) is 18.5 Å². The predicted octanol–water partition coefficient (Wildman–Crippen LogP) is 2.50. The second-order valence-corrected chi connectivity index (χ2v) is 6.52. The minimum atomic E-state index is -0.126. The van der Waals surface area contributed by atoms with E-state index in [0.29, 0.717) is 5.13 Å². The van der Waals surface area contributed by atoms with Gasteiger partial charge in [0.25, 0.3) is 0 Å². The van der Waals surface area contributed by atoms with E-state index in [1.54, 1.807) is 23.1 Å². The zero-order valence-electron chi connectivity index (χ0n) is 11.9. The van der Waals surface area contributed by atoms with Crippen molar-refractivity contribution < 1.29 is 4.79 Å². The van der Waals surface area contributed by atoms with Crippen molar-refractivity contribution >= 4 is 22.4 Å². The summed E-state index contributed by atoms with van der Waals surface area (Å²) >= 11 is 1.48. The van der Waals surface area contributed by atoms with E-state index in [9.17, 15) is 4.79 Å². The second kappa shape index (κ2) is 6.80. The first-order chi connectivity index (χ1) is 10.3. The first kappa shape index (κ1) is 14.2. The summed E-state index contributed by atoms with van der Waals surface area (Å²) in [6.45, 7) is 0.199. The van der Waals surface area contributed by atoms with E-state index in [0.717, 1.165) is 17.3 Å². The van der Waals surface area contributed by atoms with Crippen LogP contribution < -0.4 is 5.32 Å². The number of rotatable bonds is 5. The molecule has 0 unspecified atom stereocenters. The van der Waals surface area contributed by atoms with Gasteiger partial charge in [-0.1, -0.05) is 43.4 Å². The van der Waals surface area contributed by atoms with Gasteiger partial charge in [0.2, 0.25) is 11.0 Å². The quantitative estimate of drug-likeness (QED) is 0.921. The largest absolute Gasteiger partial charge is 0.299 e. The number of hydrogen-bond donors (Lipinski definition) is 1. The maximum atomic E-state index is 11.8. The highest BCUT2D eigenvalue weighted by Crippen LogP contribution is 2.28. The Bertz CT molecular complexity index is 574. The Kier molecular flexibility index (Phi) is 4.59. The molecule has 3 rings (SSSR count). The lowest BCUT2D eigenvalue weighted by atomic mass is 9.87. The Balaban J connectivity index is 1.51. The first-order valence-corrected chi connectivity index (χ1v) is 8.21. The normalized spacial score (nSPS) is 16.0. The van der Waals surface area contributed by atoms with Crippen molar-refractivity contribution in [2.24, 2.45) is 5.92 Å². The van der Waals surface area contributed by atoms with Gasteiger partial charge in [0.1, 0.15) is 11.6 Å². The minimum Gasteiger partial charge on any atom is -0.299 e. The van der Waals surface area contributed by atoms with E-state index in [4.69, 9.17) is 0 Å². The molecule has 1 amide bonds. The van der Waals surface area contributed by atoms with Gasteiger partial charge in [-0.2, -0.15) is 5.10 Å². The predicted molar refractivity (Wildman–Crippen MR) is 81.0 cm³/mol. The lowest BCUT2D eigenvalue weighted by Crippen LogP contribution is -2.18. The minimum absolute atomic E-state index is 0.126. The SMILES string of the molecule is O=C(Cn1cccn1)Nc1nnc(CC2CCCCC2)s1. The average Bonchev–Trinajstić information content (AvgIpc) is 3.12. The van der Waals surface area contributed by atoms with Crippen LogP contribution in [0.1, 0.15) is 37.1 Å². The summed E-state index contributed by atoms with van der Waals surface area (Å²) in [5, 5.41) is 16.6. The molecule has 2 aromatic heterocycles. The van der Waals surface area contributed by atoms with Crippen LogP contribution >= 0.6 is 11.3 Å². The van der Waals surface area contributed by atoms with Crippen LogP contribution in [0.25, 0.3) is 0 Å². The molecule has 0 radical (unpaired) electrons. The lowest BCUT2D eigenvalue weighted by molar-refractivity contribution is -0.116. The molecule has 0 aliphatic heterocycles. The molecule has 112 valence electrons. The number of carbonyl (C=O) groups is 1. The van der Waals surface area contributed by atoms with E-state index in [2.05, 4.69) is 20.6 Å². The van der Waals surface area contributed by atoms with Gasteiger partial charge in [-0.05, 0) is 12.0 Å². The molecule has 2 aromatic rings. The van der Waals surface area contributed by atoms with Crippen LogP contribution in [0.3, 0.4) is 0 Å². The van der Waals surface area contributed by atoms with Crippen LogP contribution in [0.4, 0.5) is 5.13 Å². The summed E-state index contributed by atoms with van der Waals surface area (Å²) in [5.74, 6) is 0.610. The Labute approximate surface area is 127 Å². The van der Waals surface area contributed by atoms with E-state index in [1.165, 1.54) is 43.4 Å². The third kappa shape index (κ3) is 4.10. The van der Waals surface area contributed by atoms with Crippen LogP contribution in [0.2, 0.25) is 0 Å². The van der Waals surface area contributed by atoms with Gasteiger partial charge < -0.3 is 0 Å². The first-order valence-electron chi connectivity index (χ1n) is 7.39. The van der Waals surface area contributed by atoms with Crippen molar-refractivity contribution in [3.8, 4) is 0 Å². The van der Waals surface area contributed by atoms with Crippen molar-refractivity contribution in [3.05, 3.63) is 23.5 Å². The molecule has 0 bridgehead atoms. The van der Waals surface area contributed by atoms with E-state index in [-0.39, 0.29) is 12.5 Å². The summed E-state index contributed by atoms with van der Waals surface area (Å²) in [7, 11) is 0. The molecule has 1 N–H and O–H groups in total. The van der Waals surface area contributed by atoms with Gasteiger partial charge in [-0.25, -0.2) is 0 Å². The molecule has 6 nitrogen and oxygen atoms in total. The number of nitrogens with one attached hydrogen (secondary N) is 1. The fraction of sp³-hybridized carbons (Fsp3) is 0.571. The summed E-state index contributed by atoms with van der Waals surface area (Å²) in [4.78, 5) is 11.8. The van der Waals surface area contributed by atoms with Gasteiger partial charge in [0, 0.05) is 18.8 Å². The lowest BCUT2D eigenvalue weighted by Gasteiger charge is -2.19. The molecular formula is C14H19N5OS. The van der Waals surface area contributed by atoms with Crippen molar-refractivity contribution in [2.45, 2.75) is 45.1 Å². The Morgan fingerprint density at radius 3 is 2.95 bits per heavy atom. The van der Waals surface area contributed by atoms with Crippen LogP contribution in [-0.2, 0) is 17.8 Å². The Morgan fingerprint density at radius 1 is 1.33 bits per heavy atom. The molecule has 0 aromatic carbocycles. The molecule has 0 saturated heterocycles. The van der Waals surface area contributed by atoms with Crippen LogP contribution in [0, 0.1) is 5.92 Å². The standard InChI is InChI=1S/C14H19N5OS/c20-12(10-19-8-4-7-15-19)16-14-18-17-13(21-14)9-11-5-2-1-3-6-11/h4,7-8,11H,1-3,5-6,9-10H2,(H,16,18,20).